The maximum absolute atomic E-state index is 12.1. The monoisotopic (exact) mass is 405 g/mol. The lowest BCUT2D eigenvalue weighted by molar-refractivity contribution is 0.0601. The van der Waals surface area contributed by atoms with E-state index in [4.69, 9.17) is 4.74 Å². The first kappa shape index (κ1) is 24.8. The molecule has 6 heteroatoms. The first-order valence-corrected chi connectivity index (χ1v) is 11.1. The predicted octanol–water partition coefficient (Wildman–Crippen LogP) is 5.58. The van der Waals surface area contributed by atoms with Crippen LogP contribution in [0.3, 0.4) is 0 Å². The molecule has 2 N–H and O–H groups in total. The highest BCUT2D eigenvalue weighted by molar-refractivity contribution is 5.96. The number of unbranched alkanes of at least 4 members (excludes halogenated alkanes) is 6. The Kier molecular flexibility index (Phi) is 12.6. The molecule has 0 heterocycles. The first-order valence-electron chi connectivity index (χ1n) is 11.1. The Bertz CT molecular complexity index is 607. The van der Waals surface area contributed by atoms with Crippen molar-refractivity contribution >= 4 is 23.4 Å². The summed E-state index contributed by atoms with van der Waals surface area (Å²) >= 11 is 0. The molecule has 0 aromatic heterocycles. The molecule has 6 nitrogen and oxygen atoms in total. The third-order valence-corrected chi connectivity index (χ3v) is 4.91. The van der Waals surface area contributed by atoms with Crippen LogP contribution < -0.4 is 15.5 Å². The van der Waals surface area contributed by atoms with Gasteiger partial charge in [-0.1, -0.05) is 52.4 Å². The molecule has 0 radical (unpaired) electrons. The van der Waals surface area contributed by atoms with Crippen LogP contribution in [0.4, 0.5) is 16.2 Å². The molecule has 0 saturated heterocycles. The molecule has 0 aliphatic carbocycles. The molecule has 0 bridgehead atoms. The molecule has 0 unspecified atom stereocenters. The summed E-state index contributed by atoms with van der Waals surface area (Å²) in [7, 11) is 1.39. The Morgan fingerprint density at radius 2 is 1.55 bits per heavy atom. The van der Waals surface area contributed by atoms with Crippen molar-refractivity contribution in [3.8, 4) is 0 Å². The maximum Gasteiger partial charge on any atom is 0.337 e. The van der Waals surface area contributed by atoms with E-state index in [0.29, 0.717) is 12.1 Å². The van der Waals surface area contributed by atoms with Crippen molar-refractivity contribution in [2.45, 2.75) is 72.1 Å². The molecule has 0 atom stereocenters. The zero-order chi connectivity index (χ0) is 21.5. The van der Waals surface area contributed by atoms with Gasteiger partial charge in [0.05, 0.1) is 24.0 Å². The molecule has 1 aromatic rings. The van der Waals surface area contributed by atoms with Crippen molar-refractivity contribution in [1.29, 1.82) is 0 Å². The topological polar surface area (TPSA) is 70.7 Å². The van der Waals surface area contributed by atoms with E-state index in [1.165, 1.54) is 45.6 Å². The minimum absolute atomic E-state index is 0.239. The first-order chi connectivity index (χ1) is 14.1. The summed E-state index contributed by atoms with van der Waals surface area (Å²) in [5, 5.41) is 5.70. The number of anilines is 2. The number of esters is 1. The van der Waals surface area contributed by atoms with Crippen LogP contribution in [0.15, 0.2) is 18.2 Å². The van der Waals surface area contributed by atoms with Crippen molar-refractivity contribution in [2.24, 2.45) is 0 Å². The summed E-state index contributed by atoms with van der Waals surface area (Å²) in [6.45, 7) is 8.66. The number of amides is 2. The highest BCUT2D eigenvalue weighted by atomic mass is 16.5. The molecule has 0 spiro atoms. The van der Waals surface area contributed by atoms with Gasteiger partial charge in [0, 0.05) is 19.6 Å². The normalized spacial score (nSPS) is 10.5. The number of carbonyl (C=O) groups excluding carboxylic acids is 2. The van der Waals surface area contributed by atoms with Gasteiger partial charge in [-0.15, -0.1) is 0 Å². The van der Waals surface area contributed by atoms with Crippen LogP contribution in [0, 0.1) is 0 Å². The lowest BCUT2D eigenvalue weighted by Crippen LogP contribution is -2.31. The van der Waals surface area contributed by atoms with E-state index in [1.807, 2.05) is 13.0 Å². The molecule has 0 fully saturated rings. The van der Waals surface area contributed by atoms with Gasteiger partial charge in [0.2, 0.25) is 0 Å². The van der Waals surface area contributed by atoms with E-state index in [-0.39, 0.29) is 12.0 Å². The lowest BCUT2D eigenvalue weighted by Gasteiger charge is -2.28. The van der Waals surface area contributed by atoms with E-state index in [9.17, 15) is 9.59 Å². The average Bonchev–Trinajstić information content (AvgIpc) is 2.72. The fourth-order valence-corrected chi connectivity index (χ4v) is 3.28. The molecule has 164 valence electrons. The van der Waals surface area contributed by atoms with Crippen molar-refractivity contribution in [1.82, 2.24) is 5.32 Å². The lowest BCUT2D eigenvalue weighted by atomic mass is 10.1. The van der Waals surface area contributed by atoms with Crippen molar-refractivity contribution in [2.75, 3.05) is 37.0 Å². The second-order valence-electron chi connectivity index (χ2n) is 7.32. The SMILES string of the molecule is CCCCCCN(CCCCCC)c1cc(C(=O)OC)ccc1NC(=O)NCC. The zero-order valence-corrected chi connectivity index (χ0v) is 18.7. The zero-order valence-electron chi connectivity index (χ0n) is 18.7. The Balaban J connectivity index is 3.11. The minimum atomic E-state index is -0.368. The summed E-state index contributed by atoms with van der Waals surface area (Å²) in [6.07, 6.45) is 9.35. The van der Waals surface area contributed by atoms with Crippen LogP contribution in [0.1, 0.15) is 82.5 Å². The van der Waals surface area contributed by atoms with Gasteiger partial charge in [-0.3, -0.25) is 0 Å². The number of urea groups is 1. The highest BCUT2D eigenvalue weighted by Crippen LogP contribution is 2.29. The molecule has 0 aliphatic rings. The quantitative estimate of drug-likeness (QED) is 0.313. The average molecular weight is 406 g/mol. The molecule has 1 aromatic carbocycles. The molecule has 0 saturated carbocycles. The summed E-state index contributed by atoms with van der Waals surface area (Å²) in [6, 6.07) is 5.09. The molecular weight excluding hydrogens is 366 g/mol. The van der Waals surface area contributed by atoms with Crippen molar-refractivity contribution in [3.05, 3.63) is 23.8 Å². The Morgan fingerprint density at radius 3 is 2.07 bits per heavy atom. The van der Waals surface area contributed by atoms with E-state index in [2.05, 4.69) is 29.4 Å². The third kappa shape index (κ3) is 9.20. The van der Waals surface area contributed by atoms with E-state index in [0.717, 1.165) is 37.3 Å². The Morgan fingerprint density at radius 1 is 0.931 bits per heavy atom. The predicted molar refractivity (Wildman–Crippen MR) is 121 cm³/mol. The molecule has 0 aliphatic heterocycles. The minimum Gasteiger partial charge on any atom is -0.465 e. The van der Waals surface area contributed by atoms with Gasteiger partial charge >= 0.3 is 12.0 Å². The van der Waals surface area contributed by atoms with E-state index < -0.39 is 0 Å². The smallest absolute Gasteiger partial charge is 0.337 e. The van der Waals surface area contributed by atoms with Crippen LogP contribution in [-0.4, -0.2) is 38.7 Å². The highest BCUT2D eigenvalue weighted by Gasteiger charge is 2.17. The van der Waals surface area contributed by atoms with Crippen LogP contribution in [0.5, 0.6) is 0 Å². The number of hydrogen-bond acceptors (Lipinski definition) is 4. The van der Waals surface area contributed by atoms with Crippen molar-refractivity contribution in [3.63, 3.8) is 0 Å². The molecule has 29 heavy (non-hydrogen) atoms. The van der Waals surface area contributed by atoms with Gasteiger partial charge in [-0.25, -0.2) is 9.59 Å². The number of carbonyl (C=O) groups is 2. The summed E-state index contributed by atoms with van der Waals surface area (Å²) < 4.78 is 4.90. The van der Waals surface area contributed by atoms with Crippen LogP contribution in [-0.2, 0) is 4.74 Å². The van der Waals surface area contributed by atoms with Gasteiger partial charge < -0.3 is 20.3 Å². The summed E-state index contributed by atoms with van der Waals surface area (Å²) in [4.78, 5) is 26.5. The van der Waals surface area contributed by atoms with Crippen LogP contribution >= 0.6 is 0 Å². The van der Waals surface area contributed by atoms with Crippen molar-refractivity contribution < 1.29 is 14.3 Å². The van der Waals surface area contributed by atoms with E-state index in [1.54, 1.807) is 12.1 Å². The van der Waals surface area contributed by atoms with Crippen LogP contribution in [0.25, 0.3) is 0 Å². The number of nitrogens with zero attached hydrogens (tertiary/aromatic N) is 1. The summed E-state index contributed by atoms with van der Waals surface area (Å²) in [5.41, 5.74) is 2.10. The third-order valence-electron chi connectivity index (χ3n) is 4.91. The Hall–Kier alpha value is -2.24. The standard InChI is InChI=1S/C23H39N3O3/c1-5-8-10-12-16-26(17-13-11-9-6-2)21-18-19(22(27)29-4)14-15-20(21)25-23(28)24-7-3/h14-15,18H,5-13,16-17H2,1-4H3,(H2,24,25,28). The van der Waals surface area contributed by atoms with Gasteiger partial charge in [0.15, 0.2) is 0 Å². The largest absolute Gasteiger partial charge is 0.465 e. The molecule has 1 rings (SSSR count). The number of ether oxygens (including phenoxy) is 1. The number of methoxy groups -OCH3 is 1. The van der Waals surface area contributed by atoms with Gasteiger partial charge in [-0.05, 0) is 38.0 Å². The fourth-order valence-electron chi connectivity index (χ4n) is 3.28. The van der Waals surface area contributed by atoms with E-state index >= 15 is 0 Å². The van der Waals surface area contributed by atoms with Gasteiger partial charge in [0.1, 0.15) is 0 Å². The second-order valence-corrected chi connectivity index (χ2v) is 7.32. The Labute approximate surface area is 176 Å². The number of nitrogens with one attached hydrogen (secondary N) is 2. The number of rotatable bonds is 14. The van der Waals surface area contributed by atoms with Gasteiger partial charge in [-0.2, -0.15) is 0 Å². The number of hydrogen-bond donors (Lipinski definition) is 2. The fraction of sp³-hybridized carbons (Fsp3) is 0.652. The summed E-state index contributed by atoms with van der Waals surface area (Å²) in [5.74, 6) is -0.368. The van der Waals surface area contributed by atoms with Gasteiger partial charge in [0.25, 0.3) is 0 Å². The molecule has 2 amide bonds. The maximum atomic E-state index is 12.1. The number of benzene rings is 1. The van der Waals surface area contributed by atoms with Crippen LogP contribution in [0.2, 0.25) is 0 Å². The second kappa shape index (κ2) is 14.7. The molecular formula is C23H39N3O3.